The second-order valence-corrected chi connectivity index (χ2v) is 9.44. The zero-order valence-corrected chi connectivity index (χ0v) is 17.7. The van der Waals surface area contributed by atoms with Crippen LogP contribution in [0.15, 0.2) is 12.1 Å². The molecule has 1 aliphatic carbocycles. The first kappa shape index (κ1) is 22.3. The van der Waals surface area contributed by atoms with Crippen LogP contribution in [0.2, 0.25) is 0 Å². The Balaban J connectivity index is 1.81. The van der Waals surface area contributed by atoms with Crippen LogP contribution in [-0.2, 0) is 15.0 Å². The molecule has 3 rings (SSSR count). The Morgan fingerprint density at radius 1 is 1.30 bits per heavy atom. The molecule has 166 valence electrons. The maximum Gasteiger partial charge on any atom is 0.329 e. The molecule has 11 heteroatoms. The van der Waals surface area contributed by atoms with Crippen molar-refractivity contribution in [1.29, 1.82) is 0 Å². The second kappa shape index (κ2) is 8.37. The molecular weight excluding hydrogens is 417 g/mol. The van der Waals surface area contributed by atoms with Gasteiger partial charge < -0.3 is 20.1 Å². The van der Waals surface area contributed by atoms with Crippen molar-refractivity contribution in [1.82, 2.24) is 10.3 Å². The Hall–Kier alpha value is -2.43. The van der Waals surface area contributed by atoms with E-state index in [1.54, 1.807) is 24.8 Å². The van der Waals surface area contributed by atoms with Gasteiger partial charge in [0.15, 0.2) is 0 Å². The third kappa shape index (κ3) is 4.66. The highest BCUT2D eigenvalue weighted by Crippen LogP contribution is 2.35. The number of pyridine rings is 1. The predicted molar refractivity (Wildman–Crippen MR) is 107 cm³/mol. The molecule has 9 nitrogen and oxygen atoms in total. The van der Waals surface area contributed by atoms with E-state index in [2.05, 4.69) is 10.3 Å². The van der Waals surface area contributed by atoms with Gasteiger partial charge in [-0.2, -0.15) is 8.42 Å². The number of hydrogen-bond donors (Lipinski definition) is 2. The molecule has 0 aromatic carbocycles. The highest BCUT2D eigenvalue weighted by Gasteiger charge is 2.40. The van der Waals surface area contributed by atoms with Crippen LogP contribution in [0.3, 0.4) is 0 Å². The number of carbonyl (C=O) groups excluding carboxylic acids is 1. The first-order valence-corrected chi connectivity index (χ1v) is 11.4. The van der Waals surface area contributed by atoms with Crippen molar-refractivity contribution in [2.45, 2.75) is 50.3 Å². The summed E-state index contributed by atoms with van der Waals surface area (Å²) in [4.78, 5) is 30.2. The SMILES string of the molecule is CCC(CC)(NC(=O)c1ccc(N2CC(S(=O)(=O)F)C2)c(OCC2CC2)n1)C(=O)O. The molecule has 0 unspecified atom stereocenters. The molecule has 1 aliphatic heterocycles. The number of carbonyl (C=O) groups is 2. The normalized spacial score (nSPS) is 17.4. The lowest BCUT2D eigenvalue weighted by molar-refractivity contribution is -0.144. The summed E-state index contributed by atoms with van der Waals surface area (Å²) in [6, 6.07) is 2.98. The summed E-state index contributed by atoms with van der Waals surface area (Å²) < 4.78 is 41.0. The summed E-state index contributed by atoms with van der Waals surface area (Å²) in [5.74, 6) is -1.20. The van der Waals surface area contributed by atoms with Gasteiger partial charge in [-0.3, -0.25) is 4.79 Å². The third-order valence-corrected chi connectivity index (χ3v) is 6.88. The Labute approximate surface area is 174 Å². The highest BCUT2D eigenvalue weighted by molar-refractivity contribution is 7.87. The number of nitrogens with one attached hydrogen (secondary N) is 1. The topological polar surface area (TPSA) is 126 Å². The number of hydrogen-bond acceptors (Lipinski definition) is 7. The number of aromatic nitrogens is 1. The zero-order chi connectivity index (χ0) is 22.1. The largest absolute Gasteiger partial charge is 0.480 e. The van der Waals surface area contributed by atoms with Crippen molar-refractivity contribution in [2.24, 2.45) is 5.92 Å². The van der Waals surface area contributed by atoms with Gasteiger partial charge in [0.25, 0.3) is 5.91 Å². The number of ether oxygens (including phenoxy) is 1. The minimum absolute atomic E-state index is 0.00717. The van der Waals surface area contributed by atoms with Gasteiger partial charge in [-0.25, -0.2) is 9.78 Å². The van der Waals surface area contributed by atoms with Crippen LogP contribution in [0.1, 0.15) is 50.0 Å². The number of amides is 1. The Morgan fingerprint density at radius 3 is 2.43 bits per heavy atom. The maximum atomic E-state index is 13.1. The van der Waals surface area contributed by atoms with E-state index in [9.17, 15) is 27.0 Å². The lowest BCUT2D eigenvalue weighted by Crippen LogP contribution is -2.54. The number of rotatable bonds is 10. The van der Waals surface area contributed by atoms with Crippen molar-refractivity contribution in [3.05, 3.63) is 17.8 Å². The molecule has 2 fully saturated rings. The molecule has 2 N–H and O–H groups in total. The molecule has 0 radical (unpaired) electrons. The van der Waals surface area contributed by atoms with E-state index in [4.69, 9.17) is 4.74 Å². The van der Waals surface area contributed by atoms with E-state index in [0.717, 1.165) is 12.8 Å². The average Bonchev–Trinajstić information content (AvgIpc) is 3.46. The first-order valence-electron chi connectivity index (χ1n) is 9.97. The maximum absolute atomic E-state index is 13.1. The van der Waals surface area contributed by atoms with E-state index >= 15 is 0 Å². The summed E-state index contributed by atoms with van der Waals surface area (Å²) in [6.07, 6.45) is 2.49. The summed E-state index contributed by atoms with van der Waals surface area (Å²) in [7, 11) is -4.61. The van der Waals surface area contributed by atoms with E-state index in [1.165, 1.54) is 6.07 Å². The van der Waals surface area contributed by atoms with Crippen LogP contribution in [0.4, 0.5) is 9.57 Å². The molecular formula is C19H26FN3O6S. The number of aliphatic carboxylic acids is 1. The van der Waals surface area contributed by atoms with Gasteiger partial charge in [0.05, 0.1) is 6.61 Å². The molecule has 0 atom stereocenters. The van der Waals surface area contributed by atoms with E-state index in [-0.39, 0.29) is 37.5 Å². The van der Waals surface area contributed by atoms with Crippen molar-refractivity contribution < 1.29 is 31.7 Å². The van der Waals surface area contributed by atoms with E-state index < -0.39 is 32.9 Å². The Bertz CT molecular complexity index is 924. The fraction of sp³-hybridized carbons (Fsp3) is 0.632. The molecule has 30 heavy (non-hydrogen) atoms. The Morgan fingerprint density at radius 2 is 1.93 bits per heavy atom. The van der Waals surface area contributed by atoms with Gasteiger partial charge in [0, 0.05) is 13.1 Å². The van der Waals surface area contributed by atoms with Crippen LogP contribution >= 0.6 is 0 Å². The van der Waals surface area contributed by atoms with Crippen LogP contribution in [0.25, 0.3) is 0 Å². The van der Waals surface area contributed by atoms with E-state index in [0.29, 0.717) is 18.2 Å². The van der Waals surface area contributed by atoms with Gasteiger partial charge in [-0.15, -0.1) is 3.89 Å². The van der Waals surface area contributed by atoms with Gasteiger partial charge in [0.1, 0.15) is 22.2 Å². The van der Waals surface area contributed by atoms with Crippen molar-refractivity contribution in [2.75, 3.05) is 24.6 Å². The molecule has 2 heterocycles. The number of halogens is 1. The second-order valence-electron chi connectivity index (χ2n) is 7.83. The quantitative estimate of drug-likeness (QED) is 0.524. The van der Waals surface area contributed by atoms with Crippen LogP contribution < -0.4 is 15.0 Å². The molecule has 1 amide bonds. The van der Waals surface area contributed by atoms with Crippen molar-refractivity contribution in [3.63, 3.8) is 0 Å². The fourth-order valence-corrected chi connectivity index (χ4v) is 3.98. The van der Waals surface area contributed by atoms with Crippen molar-refractivity contribution in [3.8, 4) is 5.88 Å². The summed E-state index contributed by atoms with van der Waals surface area (Å²) in [5.41, 5.74) is -0.929. The molecule has 2 aliphatic rings. The minimum atomic E-state index is -4.61. The lowest BCUT2D eigenvalue weighted by Gasteiger charge is -2.38. The third-order valence-electron chi connectivity index (χ3n) is 5.78. The number of carboxylic acid groups (broad SMARTS) is 1. The first-order chi connectivity index (χ1) is 14.1. The summed E-state index contributed by atoms with van der Waals surface area (Å²) in [6.45, 7) is 3.71. The molecule has 1 saturated carbocycles. The molecule has 1 aromatic heterocycles. The lowest BCUT2D eigenvalue weighted by atomic mass is 9.92. The average molecular weight is 443 g/mol. The molecule has 1 saturated heterocycles. The molecule has 1 aromatic rings. The van der Waals surface area contributed by atoms with Gasteiger partial charge in [-0.1, -0.05) is 13.8 Å². The van der Waals surface area contributed by atoms with Crippen LogP contribution in [0, 0.1) is 5.92 Å². The molecule has 0 spiro atoms. The van der Waals surface area contributed by atoms with E-state index in [1.807, 2.05) is 0 Å². The smallest absolute Gasteiger partial charge is 0.329 e. The summed E-state index contributed by atoms with van der Waals surface area (Å²) in [5, 5.41) is 11.0. The Kier molecular flexibility index (Phi) is 6.21. The van der Waals surface area contributed by atoms with Gasteiger partial charge in [-0.05, 0) is 43.7 Å². The number of anilines is 1. The minimum Gasteiger partial charge on any atom is -0.480 e. The number of carboxylic acids is 1. The molecule has 0 bridgehead atoms. The van der Waals surface area contributed by atoms with Crippen LogP contribution in [0.5, 0.6) is 5.88 Å². The van der Waals surface area contributed by atoms with Crippen LogP contribution in [-0.4, -0.2) is 60.9 Å². The van der Waals surface area contributed by atoms with Gasteiger partial charge >= 0.3 is 16.2 Å². The van der Waals surface area contributed by atoms with Crippen molar-refractivity contribution >= 4 is 27.8 Å². The van der Waals surface area contributed by atoms with Gasteiger partial charge in [0.2, 0.25) is 5.88 Å². The standard InChI is InChI=1S/C19H26FN3O6S/c1-3-19(4-2,18(25)26)22-16(24)14-7-8-15(17(21-14)29-11-12-5-6-12)23-9-13(10-23)30(20,27)28/h7-8,12-13H,3-6,9-11H2,1-2H3,(H,22,24)(H,25,26). The predicted octanol–water partition coefficient (Wildman–Crippen LogP) is 1.73. The fourth-order valence-electron chi connectivity index (χ4n) is 3.26. The summed E-state index contributed by atoms with van der Waals surface area (Å²) >= 11 is 0. The zero-order valence-electron chi connectivity index (χ0n) is 16.9. The highest BCUT2D eigenvalue weighted by atomic mass is 32.3. The number of nitrogens with zero attached hydrogens (tertiary/aromatic N) is 2. The monoisotopic (exact) mass is 443 g/mol.